The Kier molecular flexibility index (Phi) is 8.63. The van der Waals surface area contributed by atoms with E-state index in [-0.39, 0.29) is 32.2 Å². The van der Waals surface area contributed by atoms with Gasteiger partial charge in [0.05, 0.1) is 22.2 Å². The number of amides is 1. The van der Waals surface area contributed by atoms with Crippen LogP contribution in [0.5, 0.6) is 0 Å². The maximum atomic E-state index is 15.8. The first-order chi connectivity index (χ1) is 19.9. The number of benzene rings is 3. The lowest BCUT2D eigenvalue weighted by Gasteiger charge is -2.42. The summed E-state index contributed by atoms with van der Waals surface area (Å²) in [5.74, 6) is -4.07. The van der Waals surface area contributed by atoms with E-state index in [1.54, 1.807) is 6.07 Å². The topological polar surface area (TPSA) is 104 Å². The maximum absolute atomic E-state index is 15.8. The van der Waals surface area contributed by atoms with E-state index in [0.29, 0.717) is 12.1 Å². The smallest absolute Gasteiger partial charge is 0.335 e. The van der Waals surface area contributed by atoms with Crippen molar-refractivity contribution < 1.29 is 23.5 Å². The van der Waals surface area contributed by atoms with Gasteiger partial charge in [-0.1, -0.05) is 67.6 Å². The Labute approximate surface area is 253 Å². The van der Waals surface area contributed by atoms with Gasteiger partial charge >= 0.3 is 5.97 Å². The number of carboxylic acids is 1. The van der Waals surface area contributed by atoms with Crippen LogP contribution in [0.15, 0.2) is 60.7 Å². The van der Waals surface area contributed by atoms with E-state index in [1.807, 2.05) is 0 Å². The Balaban J connectivity index is 1.64. The largest absolute Gasteiger partial charge is 0.478 e. The molecule has 0 bridgehead atoms. The third-order valence-corrected chi connectivity index (χ3v) is 9.49. The summed E-state index contributed by atoms with van der Waals surface area (Å²) in [6, 6.07) is 12.7. The summed E-state index contributed by atoms with van der Waals surface area (Å²) in [5, 5.41) is 15.5. The highest BCUT2D eigenvalue weighted by atomic mass is 35.5. The van der Waals surface area contributed by atoms with E-state index in [0.717, 1.165) is 32.1 Å². The molecule has 1 heterocycles. The molecule has 5 N–H and O–H groups in total. The van der Waals surface area contributed by atoms with Crippen LogP contribution < -0.4 is 16.4 Å². The summed E-state index contributed by atoms with van der Waals surface area (Å²) in [5.41, 5.74) is 6.24. The van der Waals surface area contributed by atoms with E-state index in [4.69, 9.17) is 28.9 Å². The van der Waals surface area contributed by atoms with E-state index >= 15 is 8.78 Å². The number of halogens is 4. The van der Waals surface area contributed by atoms with Gasteiger partial charge in [0.1, 0.15) is 11.6 Å². The highest BCUT2D eigenvalue weighted by Gasteiger charge is 2.59. The summed E-state index contributed by atoms with van der Waals surface area (Å²) in [6.07, 6.45) is 5.68. The van der Waals surface area contributed by atoms with E-state index < -0.39 is 47.1 Å². The predicted octanol–water partition coefficient (Wildman–Crippen LogP) is 7.25. The van der Waals surface area contributed by atoms with Crippen LogP contribution in [-0.4, -0.2) is 29.1 Å². The standard InChI is InChI=1S/C32H33Cl2F2N3O3/c1-31(14-3-2-4-15-31)17-25-32(37,22-13-10-19(33)16-24(22)35)26(21-6-5-7-23(34)27(21)36)28(39-25)29(40)38-20-11-8-18(9-12-20)30(41)42/h5-13,16,25-26,28,39H,2-4,14-15,17,37H2,1H3,(H,38,40)(H,41,42). The molecule has 6 nitrogen and oxygen atoms in total. The van der Waals surface area contributed by atoms with Gasteiger partial charge in [-0.25, -0.2) is 13.6 Å². The Morgan fingerprint density at radius 3 is 2.38 bits per heavy atom. The molecular formula is C32H33Cl2F2N3O3. The monoisotopic (exact) mass is 615 g/mol. The molecule has 4 unspecified atom stereocenters. The van der Waals surface area contributed by atoms with Gasteiger partial charge in [-0.3, -0.25) is 4.79 Å². The van der Waals surface area contributed by atoms with E-state index in [1.165, 1.54) is 54.6 Å². The average molecular weight is 617 g/mol. The number of hydrogen-bond acceptors (Lipinski definition) is 4. The first-order valence-electron chi connectivity index (χ1n) is 14.0. The molecule has 1 amide bonds. The van der Waals surface area contributed by atoms with Gasteiger partial charge in [0.15, 0.2) is 0 Å². The summed E-state index contributed by atoms with van der Waals surface area (Å²) >= 11 is 12.3. The van der Waals surface area contributed by atoms with Crippen LogP contribution >= 0.6 is 23.2 Å². The first-order valence-corrected chi connectivity index (χ1v) is 14.8. The van der Waals surface area contributed by atoms with Crippen molar-refractivity contribution in [3.8, 4) is 0 Å². The second-order valence-electron chi connectivity index (χ2n) is 11.8. The highest BCUT2D eigenvalue weighted by molar-refractivity contribution is 6.31. The van der Waals surface area contributed by atoms with Crippen molar-refractivity contribution in [2.45, 2.75) is 69.0 Å². The van der Waals surface area contributed by atoms with Crippen molar-refractivity contribution in [2.24, 2.45) is 11.1 Å². The number of rotatable bonds is 7. The predicted molar refractivity (Wildman–Crippen MR) is 160 cm³/mol. The quantitative estimate of drug-likeness (QED) is 0.224. The Hall–Kier alpha value is -3.04. The van der Waals surface area contributed by atoms with Gasteiger partial charge in [-0.15, -0.1) is 0 Å². The SMILES string of the molecule is CC1(CC2NC(C(=O)Nc3ccc(C(=O)O)cc3)C(c3cccc(Cl)c3F)C2(N)c2ccc(Cl)cc2F)CCCCC1. The van der Waals surface area contributed by atoms with Crippen molar-refractivity contribution in [1.29, 1.82) is 0 Å². The fraction of sp³-hybridized carbons (Fsp3) is 0.375. The van der Waals surface area contributed by atoms with Crippen LogP contribution in [0.2, 0.25) is 10.0 Å². The minimum atomic E-state index is -1.57. The molecule has 10 heteroatoms. The molecule has 1 saturated heterocycles. The number of nitrogens with two attached hydrogens (primary N) is 1. The summed E-state index contributed by atoms with van der Waals surface area (Å²) in [7, 11) is 0. The minimum absolute atomic E-state index is 0.0610. The minimum Gasteiger partial charge on any atom is -0.478 e. The van der Waals surface area contributed by atoms with Gasteiger partial charge < -0.3 is 21.5 Å². The molecule has 0 aromatic heterocycles. The molecule has 0 spiro atoms. The van der Waals surface area contributed by atoms with E-state index in [2.05, 4.69) is 17.6 Å². The Bertz CT molecular complexity index is 1500. The van der Waals surface area contributed by atoms with Crippen molar-refractivity contribution in [3.05, 3.63) is 99.0 Å². The van der Waals surface area contributed by atoms with Crippen molar-refractivity contribution in [3.63, 3.8) is 0 Å². The van der Waals surface area contributed by atoms with Crippen molar-refractivity contribution in [2.75, 3.05) is 5.32 Å². The molecule has 3 aromatic rings. The molecule has 42 heavy (non-hydrogen) atoms. The third-order valence-electron chi connectivity index (χ3n) is 8.96. The number of anilines is 1. The lowest BCUT2D eigenvalue weighted by Crippen LogP contribution is -2.53. The lowest BCUT2D eigenvalue weighted by atomic mass is 9.65. The molecular weight excluding hydrogens is 583 g/mol. The van der Waals surface area contributed by atoms with Gasteiger partial charge in [0.2, 0.25) is 5.91 Å². The molecule has 2 fully saturated rings. The molecule has 2 aliphatic rings. The average Bonchev–Trinajstić information content (AvgIpc) is 3.22. The van der Waals surface area contributed by atoms with E-state index in [9.17, 15) is 14.7 Å². The van der Waals surface area contributed by atoms with Crippen LogP contribution in [0.3, 0.4) is 0 Å². The zero-order valence-electron chi connectivity index (χ0n) is 23.1. The zero-order valence-corrected chi connectivity index (χ0v) is 24.6. The van der Waals surface area contributed by atoms with Crippen LogP contribution in [-0.2, 0) is 10.3 Å². The normalized spacial score (nSPS) is 25.2. The lowest BCUT2D eigenvalue weighted by molar-refractivity contribution is -0.118. The summed E-state index contributed by atoms with van der Waals surface area (Å²) < 4.78 is 31.6. The third kappa shape index (κ3) is 5.78. The number of hydrogen-bond donors (Lipinski definition) is 4. The highest BCUT2D eigenvalue weighted by Crippen LogP contribution is 2.52. The van der Waals surface area contributed by atoms with Crippen LogP contribution in [0.4, 0.5) is 14.5 Å². The molecule has 1 aliphatic carbocycles. The zero-order chi connectivity index (χ0) is 30.2. The fourth-order valence-electron chi connectivity index (χ4n) is 6.81. The molecule has 1 saturated carbocycles. The van der Waals surface area contributed by atoms with Crippen LogP contribution in [0.1, 0.15) is 72.9 Å². The number of carboxylic acid groups (broad SMARTS) is 1. The van der Waals surface area contributed by atoms with Crippen molar-refractivity contribution >= 4 is 40.8 Å². The van der Waals surface area contributed by atoms with Gasteiger partial charge in [-0.2, -0.15) is 0 Å². The molecule has 222 valence electrons. The van der Waals surface area contributed by atoms with Gasteiger partial charge in [0.25, 0.3) is 0 Å². The molecule has 1 aliphatic heterocycles. The molecule has 0 radical (unpaired) electrons. The summed E-state index contributed by atoms with van der Waals surface area (Å²) in [4.78, 5) is 25.3. The van der Waals surface area contributed by atoms with Gasteiger partial charge in [-0.05, 0) is 72.7 Å². The number of nitrogens with one attached hydrogen (secondary N) is 2. The molecule has 5 rings (SSSR count). The maximum Gasteiger partial charge on any atom is 0.335 e. The number of carbonyl (C=O) groups excluding carboxylic acids is 1. The Morgan fingerprint density at radius 1 is 1.05 bits per heavy atom. The first kappa shape index (κ1) is 30.4. The second kappa shape index (κ2) is 11.9. The summed E-state index contributed by atoms with van der Waals surface area (Å²) in [6.45, 7) is 2.18. The van der Waals surface area contributed by atoms with Gasteiger partial charge in [0, 0.05) is 28.2 Å². The Morgan fingerprint density at radius 2 is 1.74 bits per heavy atom. The fourth-order valence-corrected chi connectivity index (χ4v) is 7.15. The molecule has 4 atom stereocenters. The van der Waals surface area contributed by atoms with Crippen molar-refractivity contribution in [1.82, 2.24) is 5.32 Å². The van der Waals surface area contributed by atoms with Crippen LogP contribution in [0, 0.1) is 17.0 Å². The number of aromatic carboxylic acids is 1. The number of carbonyl (C=O) groups is 2. The molecule has 3 aromatic carbocycles. The second-order valence-corrected chi connectivity index (χ2v) is 12.7. The van der Waals surface area contributed by atoms with Crippen LogP contribution in [0.25, 0.3) is 0 Å².